The molecule has 1 heterocycles. The Morgan fingerprint density at radius 1 is 1.42 bits per heavy atom. The van der Waals surface area contributed by atoms with Crippen LogP contribution in [0.1, 0.15) is 5.56 Å². The Morgan fingerprint density at radius 2 is 2.21 bits per heavy atom. The summed E-state index contributed by atoms with van der Waals surface area (Å²) in [6, 6.07) is 4.47. The van der Waals surface area contributed by atoms with Crippen molar-refractivity contribution in [3.05, 3.63) is 45.9 Å². The monoisotopic (exact) mass is 264 g/mol. The van der Waals surface area contributed by atoms with Gasteiger partial charge < -0.3 is 14.8 Å². The van der Waals surface area contributed by atoms with Gasteiger partial charge in [-0.15, -0.1) is 0 Å². The predicted molar refractivity (Wildman–Crippen MR) is 66.5 cm³/mol. The first kappa shape index (κ1) is 12.9. The van der Waals surface area contributed by atoms with E-state index >= 15 is 0 Å². The van der Waals surface area contributed by atoms with Crippen LogP contribution in [-0.4, -0.2) is 24.0 Å². The van der Waals surface area contributed by atoms with Crippen LogP contribution in [0.25, 0.3) is 0 Å². The maximum absolute atomic E-state index is 11.8. The van der Waals surface area contributed by atoms with Crippen LogP contribution in [0.3, 0.4) is 0 Å². The largest absolute Gasteiger partial charge is 0.494 e. The van der Waals surface area contributed by atoms with Crippen molar-refractivity contribution in [3.63, 3.8) is 0 Å². The molecule has 0 saturated heterocycles. The second kappa shape index (κ2) is 5.38. The lowest BCUT2D eigenvalue weighted by Gasteiger charge is -2.15. The molecule has 0 spiro atoms. The quantitative estimate of drug-likeness (QED) is 0.663. The molecule has 0 atom stereocenters. The molecule has 1 amide bonds. The van der Waals surface area contributed by atoms with Gasteiger partial charge in [0.25, 0.3) is 11.6 Å². The third-order valence-corrected chi connectivity index (χ3v) is 2.62. The van der Waals surface area contributed by atoms with Crippen LogP contribution in [0, 0.1) is 17.0 Å². The summed E-state index contributed by atoms with van der Waals surface area (Å²) in [5.74, 6) is -0.444. The van der Waals surface area contributed by atoms with Gasteiger partial charge in [-0.2, -0.15) is 0 Å². The Hall–Kier alpha value is -2.57. The number of carbonyl (C=O) groups excluding carboxylic acids is 1. The number of amides is 1. The van der Waals surface area contributed by atoms with E-state index in [-0.39, 0.29) is 11.4 Å². The Morgan fingerprint density at radius 3 is 2.84 bits per heavy atom. The number of benzene rings is 1. The van der Waals surface area contributed by atoms with E-state index in [9.17, 15) is 14.9 Å². The minimum Gasteiger partial charge on any atom is -0.494 e. The summed E-state index contributed by atoms with van der Waals surface area (Å²) in [7, 11) is 0. The second-order valence-corrected chi connectivity index (χ2v) is 3.86. The van der Waals surface area contributed by atoms with Crippen molar-refractivity contribution in [1.29, 1.82) is 0 Å². The number of hydrogen-bond acceptors (Lipinski definition) is 5. The normalized spacial score (nSPS) is 13.8. The van der Waals surface area contributed by atoms with Gasteiger partial charge in [0.1, 0.15) is 19.5 Å². The molecule has 0 bridgehead atoms. The maximum Gasteiger partial charge on any atom is 0.294 e. The molecule has 0 aliphatic carbocycles. The molecule has 100 valence electrons. The molecule has 0 unspecified atom stereocenters. The molecule has 7 heteroatoms. The van der Waals surface area contributed by atoms with Gasteiger partial charge in [0.05, 0.1) is 16.2 Å². The van der Waals surface area contributed by atoms with Crippen LogP contribution < -0.4 is 5.32 Å². The fourth-order valence-electron chi connectivity index (χ4n) is 1.63. The lowest BCUT2D eigenvalue weighted by Crippen LogP contribution is -2.21. The van der Waals surface area contributed by atoms with E-state index in [1.54, 1.807) is 13.0 Å². The number of nitro benzene ring substituents is 1. The summed E-state index contributed by atoms with van der Waals surface area (Å²) < 4.78 is 10.1. The lowest BCUT2D eigenvalue weighted by atomic mass is 10.1. The first-order chi connectivity index (χ1) is 9.09. The number of nitro groups is 1. The van der Waals surface area contributed by atoms with Crippen LogP contribution in [0.4, 0.5) is 11.4 Å². The van der Waals surface area contributed by atoms with Gasteiger partial charge in [0.15, 0.2) is 0 Å². The molecular formula is C12H12N2O5. The molecule has 1 aliphatic rings. The smallest absolute Gasteiger partial charge is 0.294 e. The zero-order valence-electron chi connectivity index (χ0n) is 10.2. The molecule has 1 aromatic carbocycles. The van der Waals surface area contributed by atoms with Crippen LogP contribution in [0.5, 0.6) is 0 Å². The summed E-state index contributed by atoms with van der Waals surface area (Å²) in [4.78, 5) is 22.1. The van der Waals surface area contributed by atoms with Crippen LogP contribution in [0.15, 0.2) is 30.2 Å². The van der Waals surface area contributed by atoms with E-state index in [1.807, 2.05) is 0 Å². The first-order valence-electron chi connectivity index (χ1n) is 5.59. The van der Waals surface area contributed by atoms with Crippen LogP contribution in [0.2, 0.25) is 0 Å². The Kier molecular flexibility index (Phi) is 3.65. The summed E-state index contributed by atoms with van der Waals surface area (Å²) in [5, 5.41) is 13.4. The molecule has 0 radical (unpaired) electrons. The molecule has 1 aliphatic heterocycles. The summed E-state index contributed by atoms with van der Waals surface area (Å²) >= 11 is 0. The van der Waals surface area contributed by atoms with E-state index in [2.05, 4.69) is 5.32 Å². The van der Waals surface area contributed by atoms with E-state index in [0.29, 0.717) is 24.5 Å². The Balaban J connectivity index is 2.19. The van der Waals surface area contributed by atoms with Gasteiger partial charge in [-0.3, -0.25) is 14.9 Å². The number of ether oxygens (including phenoxy) is 2. The second-order valence-electron chi connectivity index (χ2n) is 3.86. The summed E-state index contributed by atoms with van der Waals surface area (Å²) in [6.45, 7) is 2.26. The topological polar surface area (TPSA) is 90.7 Å². The molecule has 0 fully saturated rings. The van der Waals surface area contributed by atoms with Crippen molar-refractivity contribution < 1.29 is 19.2 Å². The number of carbonyl (C=O) groups is 1. The van der Waals surface area contributed by atoms with Crippen molar-refractivity contribution in [3.8, 4) is 0 Å². The van der Waals surface area contributed by atoms with E-state index in [4.69, 9.17) is 9.47 Å². The highest BCUT2D eigenvalue weighted by molar-refractivity contribution is 6.02. The molecule has 7 nitrogen and oxygen atoms in total. The van der Waals surface area contributed by atoms with E-state index in [1.165, 1.54) is 18.4 Å². The van der Waals surface area contributed by atoms with Gasteiger partial charge in [-0.25, -0.2) is 0 Å². The standard InChI is InChI=1S/C12H12N2O5/c1-8-9(3-2-4-10(8)14(16)17)13-12(15)11-7-18-5-6-19-11/h2-4,7H,5-6H2,1H3,(H,13,15). The average Bonchev–Trinajstić information content (AvgIpc) is 2.41. The molecule has 1 N–H and O–H groups in total. The number of nitrogens with zero attached hydrogens (tertiary/aromatic N) is 1. The highest BCUT2D eigenvalue weighted by Crippen LogP contribution is 2.25. The van der Waals surface area contributed by atoms with E-state index in [0.717, 1.165) is 0 Å². The van der Waals surface area contributed by atoms with E-state index < -0.39 is 10.8 Å². The number of anilines is 1. The van der Waals surface area contributed by atoms with Crippen molar-refractivity contribution in [1.82, 2.24) is 0 Å². The summed E-state index contributed by atoms with van der Waals surface area (Å²) in [6.07, 6.45) is 1.23. The lowest BCUT2D eigenvalue weighted by molar-refractivity contribution is -0.385. The highest BCUT2D eigenvalue weighted by Gasteiger charge is 2.19. The molecule has 0 saturated carbocycles. The molecule has 19 heavy (non-hydrogen) atoms. The maximum atomic E-state index is 11.8. The van der Waals surface area contributed by atoms with Gasteiger partial charge in [0, 0.05) is 6.07 Å². The fourth-order valence-corrected chi connectivity index (χ4v) is 1.63. The van der Waals surface area contributed by atoms with Crippen molar-refractivity contribution >= 4 is 17.3 Å². The fraction of sp³-hybridized carbons (Fsp3) is 0.250. The third-order valence-electron chi connectivity index (χ3n) is 2.62. The number of hydrogen-bond donors (Lipinski definition) is 1. The molecule has 2 rings (SSSR count). The van der Waals surface area contributed by atoms with Crippen molar-refractivity contribution in [2.24, 2.45) is 0 Å². The highest BCUT2D eigenvalue weighted by atomic mass is 16.6. The number of rotatable bonds is 3. The SMILES string of the molecule is Cc1c(NC(=O)C2=COCCO2)cccc1[N+](=O)[O-]. The zero-order chi connectivity index (χ0) is 13.8. The van der Waals surface area contributed by atoms with Gasteiger partial charge in [-0.05, 0) is 13.0 Å². The Bertz CT molecular complexity index is 553. The van der Waals surface area contributed by atoms with Crippen LogP contribution in [-0.2, 0) is 14.3 Å². The van der Waals surface area contributed by atoms with Gasteiger partial charge >= 0.3 is 0 Å². The summed E-state index contributed by atoms with van der Waals surface area (Å²) in [5.41, 5.74) is 0.708. The zero-order valence-corrected chi connectivity index (χ0v) is 10.2. The predicted octanol–water partition coefficient (Wildman–Crippen LogP) is 1.73. The van der Waals surface area contributed by atoms with Crippen molar-refractivity contribution in [2.75, 3.05) is 18.5 Å². The Labute approximate surface area is 109 Å². The average molecular weight is 264 g/mol. The third kappa shape index (κ3) is 2.82. The van der Waals surface area contributed by atoms with Crippen LogP contribution >= 0.6 is 0 Å². The molecule has 1 aromatic rings. The van der Waals surface area contributed by atoms with Crippen molar-refractivity contribution in [2.45, 2.75) is 6.92 Å². The first-order valence-corrected chi connectivity index (χ1v) is 5.59. The molecule has 0 aromatic heterocycles. The van der Waals surface area contributed by atoms with Gasteiger partial charge in [0.2, 0.25) is 5.76 Å². The number of nitrogens with one attached hydrogen (secondary N) is 1. The minimum atomic E-state index is -0.497. The minimum absolute atomic E-state index is 0.0485. The molecular weight excluding hydrogens is 252 g/mol. The van der Waals surface area contributed by atoms with Gasteiger partial charge in [-0.1, -0.05) is 6.07 Å².